The lowest BCUT2D eigenvalue weighted by molar-refractivity contribution is -0.662. The maximum Gasteiger partial charge on any atom is 0.287 e. The molecule has 0 radical (unpaired) electrons. The van der Waals surface area contributed by atoms with E-state index in [1.54, 1.807) is 0 Å². The van der Waals surface area contributed by atoms with Gasteiger partial charge in [-0.25, -0.2) is 4.57 Å². The second-order valence-corrected chi connectivity index (χ2v) is 6.12. The number of hydrogen-bond donors (Lipinski definition) is 0. The molecule has 0 fully saturated rings. The van der Waals surface area contributed by atoms with E-state index in [1.807, 2.05) is 12.4 Å². The summed E-state index contributed by atoms with van der Waals surface area (Å²) in [6.07, 6.45) is 1.90. The van der Waals surface area contributed by atoms with Crippen molar-refractivity contribution < 1.29 is 4.57 Å². The van der Waals surface area contributed by atoms with Gasteiger partial charge in [-0.2, -0.15) is 0 Å². The van der Waals surface area contributed by atoms with Gasteiger partial charge in [0.05, 0.1) is 12.4 Å². The molecule has 0 saturated heterocycles. The molecule has 4 rings (SSSR count). The van der Waals surface area contributed by atoms with Crippen molar-refractivity contribution >= 4 is 10.9 Å². The van der Waals surface area contributed by atoms with Crippen LogP contribution in [0.2, 0.25) is 0 Å². The van der Waals surface area contributed by atoms with Crippen LogP contribution < -0.4 is 4.57 Å². The van der Waals surface area contributed by atoms with E-state index in [2.05, 4.69) is 90.3 Å². The Morgan fingerprint density at radius 2 is 1.54 bits per heavy atom. The van der Waals surface area contributed by atoms with Crippen molar-refractivity contribution in [1.82, 2.24) is 4.98 Å². The molecule has 24 heavy (non-hydrogen) atoms. The summed E-state index contributed by atoms with van der Waals surface area (Å²) in [5, 5.41) is 1.18. The Morgan fingerprint density at radius 1 is 0.792 bits per heavy atom. The van der Waals surface area contributed by atoms with Crippen LogP contribution in [-0.2, 0) is 7.05 Å². The average molecular weight is 311 g/mol. The zero-order valence-electron chi connectivity index (χ0n) is 13.9. The van der Waals surface area contributed by atoms with Gasteiger partial charge in [-0.3, -0.25) is 0 Å². The molecule has 116 valence electrons. The van der Waals surface area contributed by atoms with Crippen LogP contribution in [0, 0.1) is 6.92 Å². The summed E-state index contributed by atoms with van der Waals surface area (Å²) < 4.78 is 2.11. The van der Waals surface area contributed by atoms with E-state index in [-0.39, 0.29) is 0 Å². The van der Waals surface area contributed by atoms with E-state index in [0.29, 0.717) is 0 Å². The molecule has 0 bridgehead atoms. The maximum atomic E-state index is 4.59. The van der Waals surface area contributed by atoms with Crippen LogP contribution in [-0.4, -0.2) is 4.98 Å². The first-order valence-corrected chi connectivity index (χ1v) is 8.14. The van der Waals surface area contributed by atoms with Crippen LogP contribution in [0.5, 0.6) is 0 Å². The monoisotopic (exact) mass is 311 g/mol. The van der Waals surface area contributed by atoms with E-state index < -0.39 is 0 Å². The zero-order chi connectivity index (χ0) is 16.5. The Bertz CT molecular complexity index is 1020. The van der Waals surface area contributed by atoms with Crippen molar-refractivity contribution in [2.75, 3.05) is 0 Å². The first kappa shape index (κ1) is 14.6. The molecule has 0 unspecified atom stereocenters. The second kappa shape index (κ2) is 5.89. The molecule has 3 aromatic carbocycles. The highest BCUT2D eigenvalue weighted by Crippen LogP contribution is 2.30. The first-order chi connectivity index (χ1) is 11.7. The van der Waals surface area contributed by atoms with Crippen LogP contribution in [0.4, 0.5) is 0 Å². The molecule has 0 N–H and O–H groups in total. The number of aryl methyl sites for hydroxylation is 2. The highest BCUT2D eigenvalue weighted by Gasteiger charge is 2.16. The quantitative estimate of drug-likeness (QED) is 0.490. The van der Waals surface area contributed by atoms with Crippen LogP contribution in [0.15, 0.2) is 79.1 Å². The van der Waals surface area contributed by atoms with Crippen LogP contribution >= 0.6 is 0 Å². The van der Waals surface area contributed by atoms with Gasteiger partial charge in [0.15, 0.2) is 5.52 Å². The Kier molecular flexibility index (Phi) is 3.58. The Labute approximate surface area is 142 Å². The molecule has 2 nitrogen and oxygen atoms in total. The molecular formula is C22H19N2+. The van der Waals surface area contributed by atoms with E-state index in [9.17, 15) is 0 Å². The minimum atomic E-state index is 1.02. The van der Waals surface area contributed by atoms with Gasteiger partial charge in [0, 0.05) is 5.56 Å². The molecule has 2 heteroatoms. The van der Waals surface area contributed by atoms with Gasteiger partial charge < -0.3 is 0 Å². The van der Waals surface area contributed by atoms with E-state index in [1.165, 1.54) is 33.3 Å². The van der Waals surface area contributed by atoms with Gasteiger partial charge in [-0.1, -0.05) is 54.6 Å². The third-order valence-corrected chi connectivity index (χ3v) is 4.48. The third kappa shape index (κ3) is 2.46. The standard InChI is InChI=1S/C22H19N2/c1-16-8-6-7-11-19(16)22-20-14-18(17-9-4-3-5-10-17)12-13-21(20)23-15-24(22)2/h3-15H,1-2H3/q+1. The molecule has 0 spiro atoms. The first-order valence-electron chi connectivity index (χ1n) is 8.14. The van der Waals surface area contributed by atoms with Crippen LogP contribution in [0.1, 0.15) is 5.56 Å². The zero-order valence-corrected chi connectivity index (χ0v) is 13.9. The molecule has 0 atom stereocenters. The van der Waals surface area contributed by atoms with Crippen LogP contribution in [0.25, 0.3) is 33.3 Å². The molecule has 1 heterocycles. The summed E-state index contributed by atoms with van der Waals surface area (Å²) in [4.78, 5) is 4.59. The largest absolute Gasteiger partial charge is 0.287 e. The molecule has 0 aliphatic rings. The molecule has 0 amide bonds. The number of rotatable bonds is 2. The maximum absolute atomic E-state index is 4.59. The summed E-state index contributed by atoms with van der Waals surface area (Å²) in [7, 11) is 2.06. The fraction of sp³-hybridized carbons (Fsp3) is 0.0909. The van der Waals surface area contributed by atoms with Crippen molar-refractivity contribution in [1.29, 1.82) is 0 Å². The summed E-state index contributed by atoms with van der Waals surface area (Å²) in [6.45, 7) is 2.16. The smallest absolute Gasteiger partial charge is 0.232 e. The molecular weight excluding hydrogens is 292 g/mol. The van der Waals surface area contributed by atoms with Crippen molar-refractivity contribution in [2.24, 2.45) is 7.05 Å². The van der Waals surface area contributed by atoms with Gasteiger partial charge in [0.1, 0.15) is 5.69 Å². The van der Waals surface area contributed by atoms with E-state index in [4.69, 9.17) is 0 Å². The Balaban J connectivity index is 2.02. The van der Waals surface area contributed by atoms with Gasteiger partial charge in [0.25, 0.3) is 6.33 Å². The summed E-state index contributed by atoms with van der Waals surface area (Å²) in [6, 6.07) is 25.5. The van der Waals surface area contributed by atoms with Crippen molar-refractivity contribution in [3.05, 3.63) is 84.7 Å². The lowest BCUT2D eigenvalue weighted by Gasteiger charge is -2.10. The molecule has 0 aliphatic carbocycles. The van der Waals surface area contributed by atoms with Crippen LogP contribution in [0.3, 0.4) is 0 Å². The van der Waals surface area contributed by atoms with E-state index in [0.717, 1.165) is 5.52 Å². The summed E-state index contributed by atoms with van der Waals surface area (Å²) in [5.74, 6) is 0. The lowest BCUT2D eigenvalue weighted by atomic mass is 9.98. The minimum Gasteiger partial charge on any atom is -0.232 e. The topological polar surface area (TPSA) is 16.8 Å². The molecule has 0 saturated carbocycles. The third-order valence-electron chi connectivity index (χ3n) is 4.48. The SMILES string of the molecule is Cc1ccccc1-c1c2cc(-c3ccccc3)ccc2nc[n+]1C. The van der Waals surface area contributed by atoms with E-state index >= 15 is 0 Å². The van der Waals surface area contributed by atoms with Gasteiger partial charge in [0.2, 0.25) is 0 Å². The minimum absolute atomic E-state index is 1.02. The van der Waals surface area contributed by atoms with Gasteiger partial charge in [-0.05, 0) is 46.8 Å². The fourth-order valence-corrected chi connectivity index (χ4v) is 3.22. The van der Waals surface area contributed by atoms with Crippen molar-refractivity contribution in [3.8, 4) is 22.4 Å². The van der Waals surface area contributed by atoms with Gasteiger partial charge in [-0.15, -0.1) is 0 Å². The Hall–Kier alpha value is -3.00. The average Bonchev–Trinajstić information content (AvgIpc) is 2.63. The normalized spacial score (nSPS) is 10.9. The summed E-state index contributed by atoms with van der Waals surface area (Å²) >= 11 is 0. The fourth-order valence-electron chi connectivity index (χ4n) is 3.22. The number of fused-ring (bicyclic) bond motifs is 1. The predicted molar refractivity (Wildman–Crippen MR) is 98.5 cm³/mol. The number of hydrogen-bond acceptors (Lipinski definition) is 1. The second-order valence-electron chi connectivity index (χ2n) is 6.12. The van der Waals surface area contributed by atoms with Crippen molar-refractivity contribution in [2.45, 2.75) is 6.92 Å². The van der Waals surface area contributed by atoms with Gasteiger partial charge >= 0.3 is 0 Å². The highest BCUT2D eigenvalue weighted by atomic mass is 15.0. The number of benzene rings is 3. The Morgan fingerprint density at radius 3 is 2.33 bits per heavy atom. The lowest BCUT2D eigenvalue weighted by Crippen LogP contribution is -2.31. The van der Waals surface area contributed by atoms with Crippen molar-refractivity contribution in [3.63, 3.8) is 0 Å². The molecule has 4 aromatic rings. The molecule has 1 aromatic heterocycles. The summed E-state index contributed by atoms with van der Waals surface area (Å²) in [5.41, 5.74) is 7.18. The number of aromatic nitrogens is 2. The highest BCUT2D eigenvalue weighted by molar-refractivity contribution is 5.94. The molecule has 0 aliphatic heterocycles. The number of nitrogens with zero attached hydrogens (tertiary/aromatic N) is 2. The predicted octanol–water partition coefficient (Wildman–Crippen LogP) is 4.70.